The number of amides is 2. The molecule has 0 aromatic heterocycles. The SMILES string of the molecule is CCC(C(=O)Nc1ccc2c(c1O)C(=O)C1C(=O)[C@]3(O)C(=O)C(C(N)=O)C(=O)[C@@H](N(C)C)C3CC1C2)N1CC(C)CO1. The Morgan fingerprint density at radius 1 is 1.21 bits per heavy atom. The Bertz CT molecular complexity index is 1390. The number of primary amides is 1. The minimum absolute atomic E-state index is 0.0307. The fraction of sp³-hybridized carbons (Fsp3) is 0.586. The quantitative estimate of drug-likeness (QED) is 0.248. The second kappa shape index (κ2) is 10.6. The molecule has 13 heteroatoms. The molecule has 2 saturated carbocycles. The van der Waals surface area contributed by atoms with Crippen molar-refractivity contribution >= 4 is 40.6 Å². The molecule has 3 fully saturated rings. The van der Waals surface area contributed by atoms with Crippen LogP contribution in [0.2, 0.25) is 0 Å². The molecule has 5 rings (SSSR count). The number of phenols is 1. The van der Waals surface area contributed by atoms with Crippen LogP contribution in [0.25, 0.3) is 0 Å². The van der Waals surface area contributed by atoms with Gasteiger partial charge >= 0.3 is 0 Å². The fourth-order valence-corrected chi connectivity index (χ4v) is 7.27. The van der Waals surface area contributed by atoms with Crippen molar-refractivity contribution in [2.75, 3.05) is 32.6 Å². The summed E-state index contributed by atoms with van der Waals surface area (Å²) in [6.07, 6.45) is 0.540. The monoisotopic (exact) mass is 584 g/mol. The molecule has 42 heavy (non-hydrogen) atoms. The molecule has 4 aliphatic rings. The maximum absolute atomic E-state index is 13.9. The number of phenolic OH excluding ortho intramolecular Hbond substituents is 1. The molecule has 226 valence electrons. The first kappa shape index (κ1) is 30.0. The lowest BCUT2D eigenvalue weighted by Crippen LogP contribution is -2.74. The Labute approximate surface area is 242 Å². The number of hydrogen-bond acceptors (Lipinski definition) is 11. The van der Waals surface area contributed by atoms with Crippen LogP contribution < -0.4 is 11.1 Å². The summed E-state index contributed by atoms with van der Waals surface area (Å²) in [5.74, 6) is -11.4. The normalized spacial score (nSPS) is 33.7. The summed E-state index contributed by atoms with van der Waals surface area (Å²) < 4.78 is 0. The van der Waals surface area contributed by atoms with Gasteiger partial charge in [-0.05, 0) is 56.8 Å². The van der Waals surface area contributed by atoms with E-state index >= 15 is 0 Å². The molecular weight excluding hydrogens is 548 g/mol. The largest absolute Gasteiger partial charge is 0.505 e. The number of aromatic hydroxyl groups is 1. The van der Waals surface area contributed by atoms with Gasteiger partial charge in [-0.15, -0.1) is 0 Å². The van der Waals surface area contributed by atoms with E-state index < -0.39 is 82.1 Å². The van der Waals surface area contributed by atoms with Crippen molar-refractivity contribution in [3.05, 3.63) is 23.3 Å². The predicted octanol–water partition coefficient (Wildman–Crippen LogP) is -0.533. The zero-order valence-corrected chi connectivity index (χ0v) is 24.0. The van der Waals surface area contributed by atoms with Gasteiger partial charge in [-0.1, -0.05) is 19.9 Å². The van der Waals surface area contributed by atoms with Gasteiger partial charge < -0.3 is 21.3 Å². The van der Waals surface area contributed by atoms with E-state index in [1.807, 2.05) is 13.8 Å². The molecule has 0 radical (unpaired) electrons. The first-order chi connectivity index (χ1) is 19.7. The van der Waals surface area contributed by atoms with Crippen LogP contribution in [-0.2, 0) is 35.2 Å². The highest BCUT2D eigenvalue weighted by molar-refractivity contribution is 6.32. The van der Waals surface area contributed by atoms with Gasteiger partial charge in [-0.2, -0.15) is 5.06 Å². The first-order valence-electron chi connectivity index (χ1n) is 14.1. The highest BCUT2D eigenvalue weighted by Gasteiger charge is 2.69. The Morgan fingerprint density at radius 3 is 2.48 bits per heavy atom. The summed E-state index contributed by atoms with van der Waals surface area (Å²) in [6.45, 7) is 4.87. The van der Waals surface area contributed by atoms with Crippen LogP contribution in [-0.4, -0.2) is 100 Å². The molecule has 2 amide bonds. The van der Waals surface area contributed by atoms with Crippen LogP contribution >= 0.6 is 0 Å². The molecule has 8 atom stereocenters. The van der Waals surface area contributed by atoms with Gasteiger partial charge in [0.2, 0.25) is 11.8 Å². The summed E-state index contributed by atoms with van der Waals surface area (Å²) in [4.78, 5) is 86.6. The van der Waals surface area contributed by atoms with Crippen molar-refractivity contribution in [3.8, 4) is 5.75 Å². The minimum Gasteiger partial charge on any atom is -0.505 e. The number of nitrogens with one attached hydrogen (secondary N) is 1. The summed E-state index contributed by atoms with van der Waals surface area (Å²) in [6, 6.07) is 1.27. The maximum Gasteiger partial charge on any atom is 0.244 e. The van der Waals surface area contributed by atoms with Crippen molar-refractivity contribution < 1.29 is 43.8 Å². The second-order valence-corrected chi connectivity index (χ2v) is 12.2. The molecule has 0 spiro atoms. The topological polar surface area (TPSA) is 197 Å². The van der Waals surface area contributed by atoms with Crippen LogP contribution in [0, 0.1) is 29.6 Å². The summed E-state index contributed by atoms with van der Waals surface area (Å²) in [5.41, 5.74) is 2.78. The van der Waals surface area contributed by atoms with E-state index in [9.17, 15) is 39.0 Å². The molecule has 1 heterocycles. The van der Waals surface area contributed by atoms with Gasteiger partial charge in [0.15, 0.2) is 34.7 Å². The number of nitrogens with zero attached hydrogens (tertiary/aromatic N) is 2. The number of nitrogens with two attached hydrogens (primary N) is 1. The van der Waals surface area contributed by atoms with Gasteiger partial charge in [0.1, 0.15) is 11.8 Å². The van der Waals surface area contributed by atoms with E-state index in [0.29, 0.717) is 25.1 Å². The molecule has 1 saturated heterocycles. The van der Waals surface area contributed by atoms with Gasteiger partial charge in [-0.25, -0.2) is 0 Å². The van der Waals surface area contributed by atoms with Gasteiger partial charge in [0.05, 0.1) is 29.8 Å². The standard InChI is InChI=1S/C29H36N4O9/c1-5-17(33-10-12(2)11-42-33)28(40)31-16-7-6-13-8-14-9-15-21(32(3)4)24(36)20(27(30)39)26(38)29(15,41)25(37)19(14)23(35)18(13)22(16)34/h6-7,12,14-15,17,19-21,34,41H,5,8-11H2,1-4H3,(H2,30,39)(H,31,40)/t12?,14?,15?,17?,19?,20?,21-,29-/m0/s1. The van der Waals surface area contributed by atoms with E-state index in [4.69, 9.17) is 10.6 Å². The van der Waals surface area contributed by atoms with Gasteiger partial charge in [0, 0.05) is 12.5 Å². The third-order valence-corrected chi connectivity index (χ3v) is 9.25. The molecular formula is C29H36N4O9. The van der Waals surface area contributed by atoms with Crippen LogP contribution in [0.1, 0.15) is 42.6 Å². The average molecular weight is 585 g/mol. The van der Waals surface area contributed by atoms with Crippen LogP contribution in [0.3, 0.4) is 0 Å². The number of likely N-dealkylation sites (N-methyl/N-ethyl adjacent to an activating group) is 1. The molecule has 3 aliphatic carbocycles. The third-order valence-electron chi connectivity index (χ3n) is 9.25. The van der Waals surface area contributed by atoms with Gasteiger partial charge in [0.25, 0.3) is 0 Å². The first-order valence-corrected chi connectivity index (χ1v) is 14.1. The number of carbonyl (C=O) groups is 6. The van der Waals surface area contributed by atoms with E-state index in [1.54, 1.807) is 11.1 Å². The molecule has 0 bridgehead atoms. The number of fused-ring (bicyclic) bond motifs is 3. The Morgan fingerprint density at radius 2 is 1.90 bits per heavy atom. The van der Waals surface area contributed by atoms with Crippen LogP contribution in [0.4, 0.5) is 5.69 Å². The molecule has 13 nitrogen and oxygen atoms in total. The number of rotatable bonds is 6. The van der Waals surface area contributed by atoms with Crippen LogP contribution in [0.15, 0.2) is 12.1 Å². The fourth-order valence-electron chi connectivity index (χ4n) is 7.27. The van der Waals surface area contributed by atoms with E-state index in [1.165, 1.54) is 25.1 Å². The maximum atomic E-state index is 13.9. The van der Waals surface area contributed by atoms with E-state index in [-0.39, 0.29) is 30.0 Å². The highest BCUT2D eigenvalue weighted by Crippen LogP contribution is 2.51. The zero-order valence-electron chi connectivity index (χ0n) is 24.0. The van der Waals surface area contributed by atoms with Crippen molar-refractivity contribution in [3.63, 3.8) is 0 Å². The van der Waals surface area contributed by atoms with E-state index in [2.05, 4.69) is 5.32 Å². The average Bonchev–Trinajstić information content (AvgIpc) is 3.33. The number of carbonyl (C=O) groups excluding carboxylic acids is 6. The van der Waals surface area contributed by atoms with Crippen LogP contribution in [0.5, 0.6) is 5.75 Å². The Kier molecular flexibility index (Phi) is 7.59. The molecule has 1 aromatic carbocycles. The number of Topliss-reactive ketones (excluding diaryl/α,β-unsaturated/α-hetero) is 4. The number of benzene rings is 1. The van der Waals surface area contributed by atoms with Crippen molar-refractivity contribution in [2.24, 2.45) is 35.3 Å². The van der Waals surface area contributed by atoms with Crippen molar-refractivity contribution in [2.45, 2.75) is 50.8 Å². The van der Waals surface area contributed by atoms with Crippen molar-refractivity contribution in [1.82, 2.24) is 9.96 Å². The van der Waals surface area contributed by atoms with Gasteiger partial charge in [-0.3, -0.25) is 38.5 Å². The number of hydrogen-bond donors (Lipinski definition) is 4. The molecule has 1 aromatic rings. The Balaban J connectivity index is 1.48. The summed E-state index contributed by atoms with van der Waals surface area (Å²) in [7, 11) is 3.06. The minimum atomic E-state index is -2.79. The van der Waals surface area contributed by atoms with Crippen molar-refractivity contribution in [1.29, 1.82) is 0 Å². The number of aliphatic hydroxyl groups is 1. The number of anilines is 1. The summed E-state index contributed by atoms with van der Waals surface area (Å²) in [5, 5.41) is 27.1. The number of ketones is 4. The lowest BCUT2D eigenvalue weighted by molar-refractivity contribution is -0.181. The smallest absolute Gasteiger partial charge is 0.244 e. The Hall–Kier alpha value is -3.52. The highest BCUT2D eigenvalue weighted by atomic mass is 16.7. The van der Waals surface area contributed by atoms with E-state index in [0.717, 1.165) is 0 Å². The predicted molar refractivity (Wildman–Crippen MR) is 146 cm³/mol. The molecule has 6 unspecified atom stereocenters. The molecule has 5 N–H and O–H groups in total. The zero-order chi connectivity index (χ0) is 30.8. The summed E-state index contributed by atoms with van der Waals surface area (Å²) >= 11 is 0. The second-order valence-electron chi connectivity index (χ2n) is 12.2. The number of hydroxylamine groups is 2. The lowest BCUT2D eigenvalue weighted by Gasteiger charge is -2.52. The third kappa shape index (κ3) is 4.37. The molecule has 1 aliphatic heterocycles. The lowest BCUT2D eigenvalue weighted by atomic mass is 9.52.